The van der Waals surface area contributed by atoms with E-state index in [2.05, 4.69) is 15.9 Å². The Morgan fingerprint density at radius 1 is 1.67 bits per heavy atom. The van der Waals surface area contributed by atoms with E-state index in [1.807, 2.05) is 6.92 Å². The molecule has 0 N–H and O–H groups in total. The zero-order chi connectivity index (χ0) is 9.14. The van der Waals surface area contributed by atoms with E-state index in [4.69, 9.17) is 9.47 Å². The van der Waals surface area contributed by atoms with Crippen LogP contribution in [0.2, 0.25) is 0 Å². The zero-order valence-corrected chi connectivity index (χ0v) is 8.83. The highest BCUT2D eigenvalue weighted by Gasteiger charge is 2.32. The minimum atomic E-state index is -0.248. The maximum absolute atomic E-state index is 10.7. The van der Waals surface area contributed by atoms with Crippen LogP contribution in [0.5, 0.6) is 0 Å². The molecule has 70 valence electrons. The van der Waals surface area contributed by atoms with E-state index in [9.17, 15) is 4.79 Å². The number of hydrogen-bond acceptors (Lipinski definition) is 3. The summed E-state index contributed by atoms with van der Waals surface area (Å²) in [5.41, 5.74) is 0. The first kappa shape index (κ1) is 9.99. The predicted octanol–water partition coefficient (Wildman–Crippen LogP) is 1.49. The highest BCUT2D eigenvalue weighted by atomic mass is 79.9. The minimum absolute atomic E-state index is 0.00738. The monoisotopic (exact) mass is 236 g/mol. The van der Waals surface area contributed by atoms with Crippen molar-refractivity contribution < 1.29 is 14.3 Å². The Morgan fingerprint density at radius 3 is 2.83 bits per heavy atom. The van der Waals surface area contributed by atoms with Crippen molar-refractivity contribution >= 4 is 21.9 Å². The van der Waals surface area contributed by atoms with Gasteiger partial charge >= 0.3 is 5.97 Å². The number of esters is 1. The number of carbonyl (C=O) groups excluding carboxylic acids is 1. The molecule has 4 heteroatoms. The fourth-order valence-corrected chi connectivity index (χ4v) is 2.01. The molecular formula is C8H13BrO3. The van der Waals surface area contributed by atoms with E-state index < -0.39 is 0 Å². The fourth-order valence-electron chi connectivity index (χ4n) is 1.28. The van der Waals surface area contributed by atoms with Gasteiger partial charge in [0.15, 0.2) is 0 Å². The average molecular weight is 237 g/mol. The second-order valence-corrected chi connectivity index (χ2v) is 4.13. The van der Waals surface area contributed by atoms with Gasteiger partial charge in [0.25, 0.3) is 0 Å². The number of rotatable bonds is 1. The van der Waals surface area contributed by atoms with Gasteiger partial charge in [-0.05, 0) is 13.3 Å². The lowest BCUT2D eigenvalue weighted by molar-refractivity contribution is -0.158. The van der Waals surface area contributed by atoms with Gasteiger partial charge in [-0.1, -0.05) is 15.9 Å². The van der Waals surface area contributed by atoms with Gasteiger partial charge in [-0.15, -0.1) is 0 Å². The molecular weight excluding hydrogens is 224 g/mol. The molecule has 0 aromatic rings. The summed E-state index contributed by atoms with van der Waals surface area (Å²) < 4.78 is 10.5. The van der Waals surface area contributed by atoms with Crippen molar-refractivity contribution in [3.05, 3.63) is 0 Å². The van der Waals surface area contributed by atoms with Gasteiger partial charge in [0, 0.05) is 13.5 Å². The normalized spacial score (nSPS) is 36.1. The van der Waals surface area contributed by atoms with Crippen molar-refractivity contribution in [1.82, 2.24) is 0 Å². The topological polar surface area (TPSA) is 35.5 Å². The maximum Gasteiger partial charge on any atom is 0.303 e. The Kier molecular flexibility index (Phi) is 3.53. The Bertz CT molecular complexity index is 162. The second kappa shape index (κ2) is 4.23. The number of alkyl halides is 1. The molecule has 1 rings (SSSR count). The molecule has 0 radical (unpaired) electrons. The molecule has 0 aromatic carbocycles. The van der Waals surface area contributed by atoms with E-state index in [1.54, 1.807) is 0 Å². The van der Waals surface area contributed by atoms with Crippen LogP contribution in [0, 0.1) is 0 Å². The molecule has 1 saturated heterocycles. The summed E-state index contributed by atoms with van der Waals surface area (Å²) in [6, 6.07) is 0. The minimum Gasteiger partial charge on any atom is -0.459 e. The lowest BCUT2D eigenvalue weighted by Gasteiger charge is -2.32. The molecule has 0 unspecified atom stereocenters. The molecule has 0 bridgehead atoms. The van der Waals surface area contributed by atoms with Crippen molar-refractivity contribution in [2.75, 3.05) is 6.61 Å². The second-order valence-electron chi connectivity index (χ2n) is 2.95. The highest BCUT2D eigenvalue weighted by molar-refractivity contribution is 9.09. The third-order valence-corrected chi connectivity index (χ3v) is 2.87. The summed E-state index contributed by atoms with van der Waals surface area (Å²) in [5, 5.41) is 0. The molecule has 1 aliphatic rings. The van der Waals surface area contributed by atoms with Crippen molar-refractivity contribution in [3.63, 3.8) is 0 Å². The number of hydrogen-bond donors (Lipinski definition) is 0. The van der Waals surface area contributed by atoms with Crippen LogP contribution < -0.4 is 0 Å². The van der Waals surface area contributed by atoms with Crippen LogP contribution in [0.4, 0.5) is 0 Å². The zero-order valence-electron chi connectivity index (χ0n) is 7.25. The average Bonchev–Trinajstić information content (AvgIpc) is 1.97. The van der Waals surface area contributed by atoms with Crippen LogP contribution in [0.3, 0.4) is 0 Å². The first-order valence-corrected chi connectivity index (χ1v) is 4.95. The molecule has 3 nitrogen and oxygen atoms in total. The Morgan fingerprint density at radius 2 is 2.33 bits per heavy atom. The van der Waals surface area contributed by atoms with E-state index in [0.29, 0.717) is 0 Å². The summed E-state index contributed by atoms with van der Waals surface area (Å²) in [5.74, 6) is -0.248. The lowest BCUT2D eigenvalue weighted by Crippen LogP contribution is -2.42. The van der Waals surface area contributed by atoms with Gasteiger partial charge in [-0.25, -0.2) is 0 Å². The highest BCUT2D eigenvalue weighted by Crippen LogP contribution is 2.23. The Balaban J connectivity index is 2.50. The summed E-state index contributed by atoms with van der Waals surface area (Å²) in [4.78, 5) is 10.9. The van der Waals surface area contributed by atoms with Crippen LogP contribution in [0.1, 0.15) is 20.3 Å². The first-order chi connectivity index (χ1) is 5.61. The van der Waals surface area contributed by atoms with Crippen LogP contribution >= 0.6 is 15.9 Å². The Hall–Kier alpha value is -0.0900. The molecule has 12 heavy (non-hydrogen) atoms. The largest absolute Gasteiger partial charge is 0.459 e. The lowest BCUT2D eigenvalue weighted by atomic mass is 10.1. The molecule has 0 spiro atoms. The quantitative estimate of drug-likeness (QED) is 0.512. The standard InChI is InChI=1S/C8H13BrO3/c1-5-8(12-6(2)10)7(9)3-4-11-5/h5,7-8H,3-4H2,1-2H3/t5-,7-,8-/m0/s1. The van der Waals surface area contributed by atoms with E-state index in [1.165, 1.54) is 6.92 Å². The third kappa shape index (κ3) is 2.45. The van der Waals surface area contributed by atoms with Gasteiger partial charge in [-0.2, -0.15) is 0 Å². The number of ether oxygens (including phenoxy) is 2. The van der Waals surface area contributed by atoms with Crippen molar-refractivity contribution in [1.29, 1.82) is 0 Å². The SMILES string of the molecule is CC(=O)O[C@H]1[C@H](C)OCC[C@@H]1Br. The van der Waals surface area contributed by atoms with Crippen LogP contribution in [0.25, 0.3) is 0 Å². The summed E-state index contributed by atoms with van der Waals surface area (Å²) in [6.07, 6.45) is 0.741. The molecule has 0 saturated carbocycles. The van der Waals surface area contributed by atoms with Crippen LogP contribution in [-0.2, 0) is 14.3 Å². The van der Waals surface area contributed by atoms with Crippen molar-refractivity contribution in [3.8, 4) is 0 Å². The van der Waals surface area contributed by atoms with Gasteiger partial charge in [0.1, 0.15) is 6.10 Å². The molecule has 1 fully saturated rings. The third-order valence-electron chi connectivity index (χ3n) is 1.90. The van der Waals surface area contributed by atoms with Crippen molar-refractivity contribution in [2.24, 2.45) is 0 Å². The van der Waals surface area contributed by atoms with Gasteiger partial charge in [0.05, 0.1) is 10.9 Å². The fraction of sp³-hybridized carbons (Fsp3) is 0.875. The van der Waals surface area contributed by atoms with Crippen LogP contribution in [0.15, 0.2) is 0 Å². The van der Waals surface area contributed by atoms with E-state index >= 15 is 0 Å². The summed E-state index contributed by atoms with van der Waals surface area (Å²) in [7, 11) is 0. The van der Waals surface area contributed by atoms with E-state index in [0.717, 1.165) is 13.0 Å². The molecule has 0 amide bonds. The number of carbonyl (C=O) groups is 1. The number of halogens is 1. The van der Waals surface area contributed by atoms with E-state index in [-0.39, 0.29) is 23.0 Å². The molecule has 0 aliphatic carbocycles. The first-order valence-electron chi connectivity index (χ1n) is 4.04. The van der Waals surface area contributed by atoms with Gasteiger partial charge < -0.3 is 9.47 Å². The molecule has 0 aromatic heterocycles. The van der Waals surface area contributed by atoms with Crippen LogP contribution in [-0.4, -0.2) is 29.6 Å². The van der Waals surface area contributed by atoms with Crippen molar-refractivity contribution in [2.45, 2.75) is 37.3 Å². The van der Waals surface area contributed by atoms with Gasteiger partial charge in [0.2, 0.25) is 0 Å². The summed E-state index contributed by atoms with van der Waals surface area (Å²) in [6.45, 7) is 4.07. The maximum atomic E-state index is 10.7. The predicted molar refractivity (Wildman–Crippen MR) is 48.3 cm³/mol. The van der Waals surface area contributed by atoms with Gasteiger partial charge in [-0.3, -0.25) is 4.79 Å². The Labute approximate surface area is 80.5 Å². The molecule has 1 heterocycles. The molecule has 1 aliphatic heterocycles. The smallest absolute Gasteiger partial charge is 0.303 e. The summed E-state index contributed by atoms with van der Waals surface area (Å²) >= 11 is 3.47. The molecule has 3 atom stereocenters.